The second kappa shape index (κ2) is 7.16. The van der Waals surface area contributed by atoms with Gasteiger partial charge in [-0.15, -0.1) is 0 Å². The molecular formula is C19H24N2O3. The number of benzene rings is 1. The Morgan fingerprint density at radius 1 is 1.08 bits per heavy atom. The fourth-order valence-corrected chi connectivity index (χ4v) is 3.53. The highest BCUT2D eigenvalue weighted by Crippen LogP contribution is 2.24. The minimum absolute atomic E-state index is 0.0476. The first-order chi connectivity index (χ1) is 11.5. The summed E-state index contributed by atoms with van der Waals surface area (Å²) in [5.41, 5.74) is 1.48. The van der Waals surface area contributed by atoms with Crippen LogP contribution in [-0.4, -0.2) is 28.7 Å². The molecule has 128 valence electrons. The zero-order chi connectivity index (χ0) is 17.1. The van der Waals surface area contributed by atoms with Crippen LogP contribution in [0.25, 0.3) is 0 Å². The molecule has 3 rings (SSSR count). The third-order valence-corrected chi connectivity index (χ3v) is 5.14. The number of carbonyl (C=O) groups is 3. The molecule has 1 N–H and O–H groups in total. The van der Waals surface area contributed by atoms with Gasteiger partial charge in [0.15, 0.2) is 0 Å². The Morgan fingerprint density at radius 2 is 1.71 bits per heavy atom. The summed E-state index contributed by atoms with van der Waals surface area (Å²) in [7, 11) is 0. The zero-order valence-electron chi connectivity index (χ0n) is 14.1. The number of rotatable bonds is 4. The van der Waals surface area contributed by atoms with Gasteiger partial charge in [-0.25, -0.2) is 0 Å². The Hall–Kier alpha value is -2.17. The predicted octanol–water partition coefficient (Wildman–Crippen LogP) is 2.64. The molecule has 0 spiro atoms. The molecule has 1 aliphatic carbocycles. The van der Waals surface area contributed by atoms with Crippen LogP contribution in [0.4, 0.5) is 0 Å². The van der Waals surface area contributed by atoms with Crippen LogP contribution in [0.5, 0.6) is 0 Å². The summed E-state index contributed by atoms with van der Waals surface area (Å²) in [6.45, 7) is 2.48. The van der Waals surface area contributed by atoms with Gasteiger partial charge in [-0.3, -0.25) is 19.3 Å². The van der Waals surface area contributed by atoms with Crippen molar-refractivity contribution >= 4 is 17.7 Å². The van der Waals surface area contributed by atoms with Crippen molar-refractivity contribution in [3.8, 4) is 0 Å². The number of likely N-dealkylation sites (tertiary alicyclic amines) is 1. The van der Waals surface area contributed by atoms with E-state index in [0.29, 0.717) is 30.9 Å². The monoisotopic (exact) mass is 328 g/mol. The van der Waals surface area contributed by atoms with Gasteiger partial charge in [-0.2, -0.15) is 0 Å². The Labute approximate surface area is 142 Å². The van der Waals surface area contributed by atoms with Crippen LogP contribution >= 0.6 is 0 Å². The van der Waals surface area contributed by atoms with E-state index in [4.69, 9.17) is 0 Å². The lowest BCUT2D eigenvalue weighted by Crippen LogP contribution is -2.41. The molecule has 2 fully saturated rings. The van der Waals surface area contributed by atoms with E-state index in [0.717, 1.165) is 12.0 Å². The largest absolute Gasteiger partial charge is 0.349 e. The van der Waals surface area contributed by atoms with E-state index in [2.05, 4.69) is 12.2 Å². The molecular weight excluding hydrogens is 304 g/mol. The SMILES string of the molecule is C[C@H]1CCCC[C@@H]1NC(=O)c1ccc(CN2C(=O)CCC2=O)cc1. The van der Waals surface area contributed by atoms with Crippen molar-refractivity contribution in [1.29, 1.82) is 0 Å². The average molecular weight is 328 g/mol. The third kappa shape index (κ3) is 3.66. The predicted molar refractivity (Wildman–Crippen MR) is 90.1 cm³/mol. The van der Waals surface area contributed by atoms with E-state index in [-0.39, 0.29) is 23.8 Å². The summed E-state index contributed by atoms with van der Waals surface area (Å²) in [6.07, 6.45) is 5.24. The molecule has 1 heterocycles. The lowest BCUT2D eigenvalue weighted by molar-refractivity contribution is -0.139. The van der Waals surface area contributed by atoms with Gasteiger partial charge in [0.25, 0.3) is 5.91 Å². The number of carbonyl (C=O) groups excluding carboxylic acids is 3. The smallest absolute Gasteiger partial charge is 0.251 e. The van der Waals surface area contributed by atoms with Crippen LogP contribution in [-0.2, 0) is 16.1 Å². The summed E-state index contributed by atoms with van der Waals surface area (Å²) in [4.78, 5) is 37.0. The third-order valence-electron chi connectivity index (χ3n) is 5.14. The van der Waals surface area contributed by atoms with Crippen molar-refractivity contribution in [3.05, 3.63) is 35.4 Å². The van der Waals surface area contributed by atoms with Crippen molar-refractivity contribution in [3.63, 3.8) is 0 Å². The lowest BCUT2D eigenvalue weighted by atomic mass is 9.86. The fourth-order valence-electron chi connectivity index (χ4n) is 3.53. The minimum atomic E-state index is -0.117. The van der Waals surface area contributed by atoms with E-state index in [1.807, 2.05) is 12.1 Å². The maximum atomic E-state index is 12.4. The summed E-state index contributed by atoms with van der Waals surface area (Å²) >= 11 is 0. The number of hydrogen-bond acceptors (Lipinski definition) is 3. The van der Waals surface area contributed by atoms with Crippen LogP contribution in [0.3, 0.4) is 0 Å². The second-order valence-corrected chi connectivity index (χ2v) is 6.91. The normalized spacial score (nSPS) is 24.3. The molecule has 0 unspecified atom stereocenters. The molecule has 24 heavy (non-hydrogen) atoms. The summed E-state index contributed by atoms with van der Waals surface area (Å²) < 4.78 is 0. The molecule has 1 aliphatic heterocycles. The number of amides is 3. The van der Waals surface area contributed by atoms with E-state index in [1.165, 1.54) is 24.2 Å². The molecule has 1 aromatic carbocycles. The van der Waals surface area contributed by atoms with Crippen LogP contribution in [0.15, 0.2) is 24.3 Å². The summed E-state index contributed by atoms with van der Waals surface area (Å²) in [6, 6.07) is 7.42. The number of imide groups is 1. The molecule has 3 amide bonds. The van der Waals surface area contributed by atoms with Gasteiger partial charge >= 0.3 is 0 Å². The lowest BCUT2D eigenvalue weighted by Gasteiger charge is -2.29. The first-order valence-electron chi connectivity index (χ1n) is 8.77. The summed E-state index contributed by atoms with van der Waals surface area (Å²) in [5.74, 6) is 0.240. The fraction of sp³-hybridized carbons (Fsp3) is 0.526. The Kier molecular flexibility index (Phi) is 4.97. The van der Waals surface area contributed by atoms with Crippen LogP contribution in [0.2, 0.25) is 0 Å². The highest BCUT2D eigenvalue weighted by Gasteiger charge is 2.28. The molecule has 1 saturated heterocycles. The van der Waals surface area contributed by atoms with Gasteiger partial charge in [-0.1, -0.05) is 31.9 Å². The van der Waals surface area contributed by atoms with E-state index in [1.54, 1.807) is 12.1 Å². The second-order valence-electron chi connectivity index (χ2n) is 6.91. The maximum Gasteiger partial charge on any atom is 0.251 e. The molecule has 0 radical (unpaired) electrons. The Bertz CT molecular complexity index is 623. The van der Waals surface area contributed by atoms with E-state index in [9.17, 15) is 14.4 Å². The van der Waals surface area contributed by atoms with E-state index >= 15 is 0 Å². The van der Waals surface area contributed by atoms with Crippen molar-refractivity contribution in [2.45, 2.75) is 58.0 Å². The van der Waals surface area contributed by atoms with Gasteiger partial charge < -0.3 is 5.32 Å². The first kappa shape index (κ1) is 16.7. The molecule has 5 heteroatoms. The number of nitrogens with zero attached hydrogens (tertiary/aromatic N) is 1. The standard InChI is InChI=1S/C19H24N2O3/c1-13-4-2-3-5-16(13)20-19(24)15-8-6-14(7-9-15)12-21-17(22)10-11-18(21)23/h6-9,13,16H,2-5,10-12H2,1H3,(H,20,24)/t13-,16-/m0/s1. The van der Waals surface area contributed by atoms with Crippen LogP contribution in [0, 0.1) is 5.92 Å². The van der Waals surface area contributed by atoms with Gasteiger partial charge in [0.05, 0.1) is 6.54 Å². The van der Waals surface area contributed by atoms with Gasteiger partial charge in [0.2, 0.25) is 11.8 Å². The molecule has 2 atom stereocenters. The van der Waals surface area contributed by atoms with Crippen LogP contribution in [0.1, 0.15) is 61.4 Å². The summed E-state index contributed by atoms with van der Waals surface area (Å²) in [5, 5.41) is 3.13. The molecule has 5 nitrogen and oxygen atoms in total. The first-order valence-corrected chi connectivity index (χ1v) is 8.77. The minimum Gasteiger partial charge on any atom is -0.349 e. The highest BCUT2D eigenvalue weighted by molar-refractivity contribution is 6.01. The Balaban J connectivity index is 1.60. The van der Waals surface area contributed by atoms with E-state index < -0.39 is 0 Å². The van der Waals surface area contributed by atoms with Gasteiger partial charge in [-0.05, 0) is 36.5 Å². The van der Waals surface area contributed by atoms with Crippen LogP contribution < -0.4 is 5.32 Å². The van der Waals surface area contributed by atoms with Crippen molar-refractivity contribution in [2.75, 3.05) is 0 Å². The highest BCUT2D eigenvalue weighted by atomic mass is 16.2. The quantitative estimate of drug-likeness (QED) is 0.864. The van der Waals surface area contributed by atoms with Crippen molar-refractivity contribution in [2.24, 2.45) is 5.92 Å². The van der Waals surface area contributed by atoms with Crippen molar-refractivity contribution < 1.29 is 14.4 Å². The van der Waals surface area contributed by atoms with Gasteiger partial charge in [0, 0.05) is 24.4 Å². The zero-order valence-corrected chi connectivity index (χ0v) is 14.1. The molecule has 0 aromatic heterocycles. The average Bonchev–Trinajstić information content (AvgIpc) is 2.89. The molecule has 1 aromatic rings. The Morgan fingerprint density at radius 3 is 2.33 bits per heavy atom. The molecule has 0 bridgehead atoms. The number of nitrogens with one attached hydrogen (secondary N) is 1. The topological polar surface area (TPSA) is 66.5 Å². The maximum absolute atomic E-state index is 12.4. The molecule has 2 aliphatic rings. The van der Waals surface area contributed by atoms with Gasteiger partial charge in [0.1, 0.15) is 0 Å². The van der Waals surface area contributed by atoms with Crippen molar-refractivity contribution in [1.82, 2.24) is 10.2 Å². The molecule has 1 saturated carbocycles. The number of hydrogen-bond donors (Lipinski definition) is 1.